The molecular weight excluding hydrogens is 486 g/mol. The van der Waals surface area contributed by atoms with Crippen LogP contribution in [0.3, 0.4) is 0 Å². The van der Waals surface area contributed by atoms with Gasteiger partial charge in [-0.2, -0.15) is 0 Å². The Morgan fingerprint density at radius 1 is 0.872 bits per heavy atom. The molecule has 5 rings (SSSR count). The lowest BCUT2D eigenvalue weighted by Gasteiger charge is -2.26. The van der Waals surface area contributed by atoms with Crippen molar-refractivity contribution in [1.29, 1.82) is 0 Å². The topological polar surface area (TPSA) is 91.9 Å². The van der Waals surface area contributed by atoms with E-state index in [-0.39, 0.29) is 23.4 Å². The molecule has 6 nitrogen and oxygen atoms in total. The molecule has 4 aromatic rings. The summed E-state index contributed by atoms with van der Waals surface area (Å²) in [4.78, 5) is 46.5. The standard InChI is InChI=1S/C33H35N3O3/c37-28(18-11-23-12-20-29-31(21-23)35-22-34-29)19-17-26-9-5-2-6-10-30(32(26)38)36-33(39)27-15-13-25(14-16-27)24-7-3-1-4-8-24/h1,3-4,7-8,12-16,20-22,26,30H,2,5-6,9-11,17-19H2,(H,34,35)(H,36,39). The largest absolute Gasteiger partial charge is 0.345 e. The van der Waals surface area contributed by atoms with Gasteiger partial charge in [0, 0.05) is 24.3 Å². The Bertz CT molecular complexity index is 1430. The Morgan fingerprint density at radius 2 is 1.64 bits per heavy atom. The first-order chi connectivity index (χ1) is 19.1. The van der Waals surface area contributed by atoms with E-state index >= 15 is 0 Å². The number of aromatic amines is 1. The van der Waals surface area contributed by atoms with Crippen molar-refractivity contribution in [2.75, 3.05) is 0 Å². The van der Waals surface area contributed by atoms with Crippen LogP contribution in [0.4, 0.5) is 0 Å². The molecular formula is C33H35N3O3. The minimum atomic E-state index is -0.507. The van der Waals surface area contributed by atoms with E-state index in [0.717, 1.165) is 53.4 Å². The molecule has 2 atom stereocenters. The number of H-pyrrole nitrogens is 1. The molecule has 1 fully saturated rings. The molecule has 0 spiro atoms. The summed E-state index contributed by atoms with van der Waals surface area (Å²) in [7, 11) is 0. The lowest BCUT2D eigenvalue weighted by Crippen LogP contribution is -2.44. The van der Waals surface area contributed by atoms with Gasteiger partial charge in [-0.05, 0) is 66.6 Å². The third kappa shape index (κ3) is 6.88. The van der Waals surface area contributed by atoms with Crippen LogP contribution in [0.25, 0.3) is 22.2 Å². The van der Waals surface area contributed by atoms with E-state index in [1.165, 1.54) is 0 Å². The van der Waals surface area contributed by atoms with Crippen LogP contribution in [-0.4, -0.2) is 33.5 Å². The second-order valence-electron chi connectivity index (χ2n) is 10.5. The molecule has 1 aromatic heterocycles. The van der Waals surface area contributed by atoms with Gasteiger partial charge in [-0.25, -0.2) is 4.98 Å². The van der Waals surface area contributed by atoms with Crippen molar-refractivity contribution in [2.24, 2.45) is 5.92 Å². The number of carbonyl (C=O) groups is 3. The van der Waals surface area contributed by atoms with Crippen molar-refractivity contribution >= 4 is 28.5 Å². The number of Topliss-reactive ketones (excluding diaryl/α,β-unsaturated/α-hetero) is 2. The number of ketones is 2. The number of fused-ring (bicyclic) bond motifs is 1. The number of imidazole rings is 1. The number of aromatic nitrogens is 2. The Kier molecular flexibility index (Phi) is 8.61. The van der Waals surface area contributed by atoms with Gasteiger partial charge in [-0.3, -0.25) is 14.4 Å². The highest BCUT2D eigenvalue weighted by atomic mass is 16.2. The van der Waals surface area contributed by atoms with Crippen LogP contribution in [0.15, 0.2) is 79.1 Å². The number of carbonyl (C=O) groups excluding carboxylic acids is 3. The number of nitrogens with zero attached hydrogens (tertiary/aromatic N) is 1. The summed E-state index contributed by atoms with van der Waals surface area (Å²) in [5, 5.41) is 3.01. The molecule has 6 heteroatoms. The molecule has 0 radical (unpaired) electrons. The van der Waals surface area contributed by atoms with E-state index in [0.29, 0.717) is 37.7 Å². The van der Waals surface area contributed by atoms with Gasteiger partial charge in [0.1, 0.15) is 5.78 Å². The number of hydrogen-bond donors (Lipinski definition) is 2. The summed E-state index contributed by atoms with van der Waals surface area (Å²) in [6.07, 6.45) is 8.10. The molecule has 39 heavy (non-hydrogen) atoms. The van der Waals surface area contributed by atoms with Gasteiger partial charge in [-0.1, -0.05) is 67.8 Å². The van der Waals surface area contributed by atoms with Gasteiger partial charge in [0.2, 0.25) is 0 Å². The van der Waals surface area contributed by atoms with Crippen molar-refractivity contribution in [3.05, 3.63) is 90.3 Å². The van der Waals surface area contributed by atoms with Gasteiger partial charge in [0.15, 0.2) is 5.78 Å². The fourth-order valence-electron chi connectivity index (χ4n) is 5.48. The average molecular weight is 522 g/mol. The van der Waals surface area contributed by atoms with Crippen LogP contribution < -0.4 is 5.32 Å². The van der Waals surface area contributed by atoms with Crippen LogP contribution in [0, 0.1) is 5.92 Å². The third-order valence-corrected chi connectivity index (χ3v) is 7.80. The number of hydrogen-bond acceptors (Lipinski definition) is 4. The Balaban J connectivity index is 1.15. The van der Waals surface area contributed by atoms with Crippen molar-refractivity contribution in [1.82, 2.24) is 15.3 Å². The Morgan fingerprint density at radius 3 is 2.46 bits per heavy atom. The highest BCUT2D eigenvalue weighted by Crippen LogP contribution is 2.25. The number of aryl methyl sites for hydroxylation is 1. The van der Waals surface area contributed by atoms with Crippen LogP contribution in [0.1, 0.15) is 67.3 Å². The zero-order chi connectivity index (χ0) is 27.0. The first-order valence-corrected chi connectivity index (χ1v) is 14.0. The van der Waals surface area contributed by atoms with Crippen LogP contribution in [0.2, 0.25) is 0 Å². The van der Waals surface area contributed by atoms with Crippen LogP contribution in [0.5, 0.6) is 0 Å². The summed E-state index contributed by atoms with van der Waals surface area (Å²) in [6, 6.07) is 23.0. The predicted molar refractivity (Wildman–Crippen MR) is 153 cm³/mol. The maximum absolute atomic E-state index is 13.5. The summed E-state index contributed by atoms with van der Waals surface area (Å²) in [5.74, 6) is -0.172. The van der Waals surface area contributed by atoms with E-state index in [9.17, 15) is 14.4 Å². The molecule has 2 N–H and O–H groups in total. The minimum absolute atomic E-state index is 0.0708. The highest BCUT2D eigenvalue weighted by Gasteiger charge is 2.30. The first-order valence-electron chi connectivity index (χ1n) is 14.0. The highest BCUT2D eigenvalue weighted by molar-refractivity contribution is 5.98. The molecule has 1 aliphatic carbocycles. The fraction of sp³-hybridized carbons (Fsp3) is 0.333. The molecule has 1 heterocycles. The maximum Gasteiger partial charge on any atom is 0.251 e. The van der Waals surface area contributed by atoms with Crippen molar-refractivity contribution < 1.29 is 14.4 Å². The molecule has 1 saturated carbocycles. The number of benzene rings is 3. The van der Waals surface area contributed by atoms with E-state index in [4.69, 9.17) is 0 Å². The Labute approximate surface area is 229 Å². The molecule has 1 aliphatic rings. The van der Waals surface area contributed by atoms with Gasteiger partial charge in [0.25, 0.3) is 5.91 Å². The van der Waals surface area contributed by atoms with Crippen molar-refractivity contribution in [2.45, 2.75) is 63.8 Å². The second-order valence-corrected chi connectivity index (χ2v) is 10.5. The van der Waals surface area contributed by atoms with E-state index in [1.54, 1.807) is 6.33 Å². The Hall–Kier alpha value is -4.06. The molecule has 0 aliphatic heterocycles. The molecule has 0 bridgehead atoms. The monoisotopic (exact) mass is 521 g/mol. The van der Waals surface area contributed by atoms with Gasteiger partial charge >= 0.3 is 0 Å². The number of amides is 1. The predicted octanol–water partition coefficient (Wildman–Crippen LogP) is 6.46. The maximum atomic E-state index is 13.5. The summed E-state index contributed by atoms with van der Waals surface area (Å²) < 4.78 is 0. The zero-order valence-corrected chi connectivity index (χ0v) is 22.2. The van der Waals surface area contributed by atoms with E-state index < -0.39 is 6.04 Å². The lowest BCUT2D eigenvalue weighted by atomic mass is 9.83. The number of rotatable bonds is 9. The first kappa shape index (κ1) is 26.5. The quantitative estimate of drug-likeness (QED) is 0.264. The van der Waals surface area contributed by atoms with Gasteiger partial charge < -0.3 is 10.3 Å². The third-order valence-electron chi connectivity index (χ3n) is 7.80. The van der Waals surface area contributed by atoms with Crippen molar-refractivity contribution in [3.8, 4) is 11.1 Å². The summed E-state index contributed by atoms with van der Waals surface area (Å²) in [5.41, 5.74) is 5.67. The molecule has 0 saturated heterocycles. The van der Waals surface area contributed by atoms with Gasteiger partial charge in [-0.15, -0.1) is 0 Å². The van der Waals surface area contributed by atoms with E-state index in [1.807, 2.05) is 72.8 Å². The summed E-state index contributed by atoms with van der Waals surface area (Å²) >= 11 is 0. The lowest BCUT2D eigenvalue weighted by molar-refractivity contribution is -0.126. The zero-order valence-electron chi connectivity index (χ0n) is 22.2. The van der Waals surface area contributed by atoms with Crippen LogP contribution in [-0.2, 0) is 16.0 Å². The number of nitrogens with one attached hydrogen (secondary N) is 2. The SMILES string of the molecule is O=C(CCc1ccc2nc[nH]c2c1)CCC1CCCCCC(NC(=O)c2ccc(-c3ccccc3)cc2)C1=O. The fourth-order valence-corrected chi connectivity index (χ4v) is 5.48. The smallest absolute Gasteiger partial charge is 0.251 e. The molecule has 1 amide bonds. The normalized spacial score (nSPS) is 17.9. The van der Waals surface area contributed by atoms with Crippen molar-refractivity contribution in [3.63, 3.8) is 0 Å². The van der Waals surface area contributed by atoms with E-state index in [2.05, 4.69) is 15.3 Å². The molecule has 3 aromatic carbocycles. The minimum Gasteiger partial charge on any atom is -0.345 e. The second kappa shape index (κ2) is 12.7. The van der Waals surface area contributed by atoms with Gasteiger partial charge in [0.05, 0.1) is 23.4 Å². The summed E-state index contributed by atoms with van der Waals surface area (Å²) in [6.45, 7) is 0. The average Bonchev–Trinajstić information content (AvgIpc) is 3.44. The molecule has 2 unspecified atom stereocenters. The molecule has 200 valence electrons. The van der Waals surface area contributed by atoms with Crippen LogP contribution >= 0.6 is 0 Å².